The number of carbonyl (C=O) groups excluding carboxylic acids is 1. The Morgan fingerprint density at radius 2 is 1.53 bits per heavy atom. The number of hydrogen-bond donors (Lipinski definition) is 1. The van der Waals surface area contributed by atoms with Gasteiger partial charge in [-0.2, -0.15) is 0 Å². The number of likely N-dealkylation sites (N-methyl/N-ethyl adjacent to an activating group) is 1. The standard InChI is InChI=1S/C30H37N3O4S/c1-32(38(35,36)29-15-9-4-10-16-29)23-27(26-13-7-3-8-14-26)17-20-33-21-18-28(19-22-33)31-30(34)37-24-25-11-5-2-6-12-25/h2-16,27-28H,17-24H2,1H3,(H,31,34)/t27-/m1/s1. The first kappa shape index (κ1) is 27.8. The Hall–Kier alpha value is -3.20. The molecule has 0 bridgehead atoms. The van der Waals surface area contributed by atoms with Crippen LogP contribution in [-0.2, 0) is 21.4 Å². The van der Waals surface area contributed by atoms with Crippen molar-refractivity contribution < 1.29 is 17.9 Å². The summed E-state index contributed by atoms with van der Waals surface area (Å²) in [6, 6.07) is 28.5. The number of likely N-dealkylation sites (tertiary alicyclic amines) is 1. The zero-order valence-corrected chi connectivity index (χ0v) is 22.7. The van der Waals surface area contributed by atoms with Crippen LogP contribution in [0.25, 0.3) is 0 Å². The molecule has 3 aromatic carbocycles. The van der Waals surface area contributed by atoms with E-state index < -0.39 is 10.0 Å². The van der Waals surface area contributed by atoms with Crippen molar-refractivity contribution in [3.05, 3.63) is 102 Å². The average Bonchev–Trinajstić information content (AvgIpc) is 2.96. The lowest BCUT2D eigenvalue weighted by Gasteiger charge is -2.33. The van der Waals surface area contributed by atoms with Crippen molar-refractivity contribution in [1.82, 2.24) is 14.5 Å². The maximum atomic E-state index is 13.1. The van der Waals surface area contributed by atoms with Gasteiger partial charge in [0.1, 0.15) is 6.61 Å². The minimum Gasteiger partial charge on any atom is -0.445 e. The van der Waals surface area contributed by atoms with Gasteiger partial charge in [0.25, 0.3) is 0 Å². The molecule has 0 radical (unpaired) electrons. The van der Waals surface area contributed by atoms with Gasteiger partial charge in [0.2, 0.25) is 10.0 Å². The fraction of sp³-hybridized carbons (Fsp3) is 0.367. The van der Waals surface area contributed by atoms with Crippen LogP contribution in [0.2, 0.25) is 0 Å². The van der Waals surface area contributed by atoms with Crippen molar-refractivity contribution >= 4 is 16.1 Å². The predicted octanol–water partition coefficient (Wildman–Crippen LogP) is 4.87. The Balaban J connectivity index is 1.27. The Labute approximate surface area is 226 Å². The van der Waals surface area contributed by atoms with Gasteiger partial charge in [-0.1, -0.05) is 78.9 Å². The van der Waals surface area contributed by atoms with Crippen LogP contribution < -0.4 is 5.32 Å². The first-order chi connectivity index (χ1) is 18.4. The number of amides is 1. The first-order valence-corrected chi connectivity index (χ1v) is 14.6. The van der Waals surface area contributed by atoms with Gasteiger partial charge in [-0.25, -0.2) is 17.5 Å². The number of hydrogen-bond acceptors (Lipinski definition) is 5. The Bertz CT molecular complexity index is 1230. The van der Waals surface area contributed by atoms with Gasteiger partial charge in [0, 0.05) is 32.7 Å². The number of benzene rings is 3. The zero-order valence-electron chi connectivity index (χ0n) is 21.9. The van der Waals surface area contributed by atoms with E-state index in [0.29, 0.717) is 11.4 Å². The van der Waals surface area contributed by atoms with E-state index in [1.165, 1.54) is 4.31 Å². The van der Waals surface area contributed by atoms with Gasteiger partial charge in [-0.15, -0.1) is 0 Å². The third-order valence-electron chi connectivity index (χ3n) is 7.12. The van der Waals surface area contributed by atoms with Crippen LogP contribution in [0.4, 0.5) is 4.79 Å². The highest BCUT2D eigenvalue weighted by molar-refractivity contribution is 7.89. The van der Waals surface area contributed by atoms with E-state index in [9.17, 15) is 13.2 Å². The Morgan fingerprint density at radius 3 is 2.16 bits per heavy atom. The second kappa shape index (κ2) is 13.6. The van der Waals surface area contributed by atoms with Crippen molar-refractivity contribution in [2.24, 2.45) is 0 Å². The Morgan fingerprint density at radius 1 is 0.947 bits per heavy atom. The van der Waals surface area contributed by atoms with Crippen molar-refractivity contribution in [1.29, 1.82) is 0 Å². The number of nitrogens with one attached hydrogen (secondary N) is 1. The van der Waals surface area contributed by atoms with Crippen LogP contribution in [0, 0.1) is 0 Å². The number of nitrogens with zero attached hydrogens (tertiary/aromatic N) is 2. The quantitative estimate of drug-likeness (QED) is 0.379. The third-order valence-corrected chi connectivity index (χ3v) is 8.95. The molecular weight excluding hydrogens is 498 g/mol. The van der Waals surface area contributed by atoms with E-state index in [2.05, 4.69) is 22.3 Å². The van der Waals surface area contributed by atoms with Gasteiger partial charge >= 0.3 is 6.09 Å². The fourth-order valence-corrected chi connectivity index (χ4v) is 6.08. The molecule has 0 aromatic heterocycles. The number of alkyl carbamates (subject to hydrolysis) is 1. The molecule has 1 saturated heterocycles. The number of sulfonamides is 1. The molecule has 1 fully saturated rings. The molecule has 38 heavy (non-hydrogen) atoms. The lowest BCUT2D eigenvalue weighted by molar-refractivity contribution is 0.126. The van der Waals surface area contributed by atoms with E-state index in [0.717, 1.165) is 50.0 Å². The largest absolute Gasteiger partial charge is 0.445 e. The monoisotopic (exact) mass is 535 g/mol. The lowest BCUT2D eigenvalue weighted by Crippen LogP contribution is -2.45. The summed E-state index contributed by atoms with van der Waals surface area (Å²) in [7, 11) is -1.90. The van der Waals surface area contributed by atoms with Crippen LogP contribution in [-0.4, -0.2) is 63.0 Å². The maximum absolute atomic E-state index is 13.1. The second-order valence-corrected chi connectivity index (χ2v) is 11.9. The molecule has 0 spiro atoms. The van der Waals surface area contributed by atoms with Crippen LogP contribution in [0.5, 0.6) is 0 Å². The molecular formula is C30H37N3O4S. The van der Waals surface area contributed by atoms with Gasteiger partial charge in [0.05, 0.1) is 4.90 Å². The molecule has 0 unspecified atom stereocenters. The summed E-state index contributed by atoms with van der Waals surface area (Å²) < 4.78 is 33.1. The van der Waals surface area contributed by atoms with Crippen molar-refractivity contribution in [3.8, 4) is 0 Å². The summed E-state index contributed by atoms with van der Waals surface area (Å²) in [5.74, 6) is 0.0727. The summed E-state index contributed by atoms with van der Waals surface area (Å²) in [5.41, 5.74) is 2.10. The molecule has 1 heterocycles. The first-order valence-electron chi connectivity index (χ1n) is 13.2. The van der Waals surface area contributed by atoms with Crippen LogP contribution in [0.3, 0.4) is 0 Å². The van der Waals surface area contributed by atoms with Crippen LogP contribution in [0.15, 0.2) is 95.9 Å². The summed E-state index contributed by atoms with van der Waals surface area (Å²) in [6.07, 6.45) is 2.19. The number of carbonyl (C=O) groups is 1. The van der Waals surface area contributed by atoms with Gasteiger partial charge in [-0.05, 0) is 55.0 Å². The molecule has 8 heteroatoms. The molecule has 1 amide bonds. The topological polar surface area (TPSA) is 79.0 Å². The normalized spacial score (nSPS) is 15.7. The number of ether oxygens (including phenoxy) is 1. The molecule has 1 atom stereocenters. The molecule has 3 aromatic rings. The predicted molar refractivity (Wildman–Crippen MR) is 149 cm³/mol. The number of rotatable bonds is 11. The molecule has 0 aliphatic carbocycles. The minimum atomic E-state index is -3.56. The van der Waals surface area contributed by atoms with E-state index in [-0.39, 0.29) is 24.7 Å². The van der Waals surface area contributed by atoms with Crippen molar-refractivity contribution in [3.63, 3.8) is 0 Å². The van der Waals surface area contributed by atoms with E-state index in [1.807, 2.05) is 54.6 Å². The molecule has 202 valence electrons. The third kappa shape index (κ3) is 7.90. The fourth-order valence-electron chi connectivity index (χ4n) is 4.84. The van der Waals surface area contributed by atoms with Crippen molar-refractivity contribution in [2.45, 2.75) is 42.7 Å². The minimum absolute atomic E-state index is 0.0727. The van der Waals surface area contributed by atoms with Crippen LogP contribution >= 0.6 is 0 Å². The molecule has 1 N–H and O–H groups in total. The molecule has 7 nitrogen and oxygen atoms in total. The smallest absolute Gasteiger partial charge is 0.407 e. The SMILES string of the molecule is CN(C[C@@H](CCN1CCC(NC(=O)OCc2ccccc2)CC1)c1ccccc1)S(=O)(=O)c1ccccc1. The Kier molecular flexibility index (Phi) is 9.92. The van der Waals surface area contributed by atoms with E-state index in [4.69, 9.17) is 4.74 Å². The highest BCUT2D eigenvalue weighted by Gasteiger charge is 2.26. The molecule has 1 aliphatic heterocycles. The van der Waals surface area contributed by atoms with Gasteiger partial charge in [-0.3, -0.25) is 0 Å². The van der Waals surface area contributed by atoms with Gasteiger partial charge in [0.15, 0.2) is 0 Å². The lowest BCUT2D eigenvalue weighted by atomic mass is 9.94. The number of piperidine rings is 1. The summed E-state index contributed by atoms with van der Waals surface area (Å²) in [6.45, 7) is 3.30. The highest BCUT2D eigenvalue weighted by Crippen LogP contribution is 2.25. The molecule has 1 aliphatic rings. The van der Waals surface area contributed by atoms with Crippen LogP contribution in [0.1, 0.15) is 36.3 Å². The summed E-state index contributed by atoms with van der Waals surface area (Å²) >= 11 is 0. The van der Waals surface area contributed by atoms with Crippen molar-refractivity contribution in [2.75, 3.05) is 33.2 Å². The summed E-state index contributed by atoms with van der Waals surface area (Å²) in [5, 5.41) is 3.00. The average molecular weight is 536 g/mol. The zero-order chi connectivity index (χ0) is 26.8. The second-order valence-electron chi connectivity index (χ2n) is 9.82. The van der Waals surface area contributed by atoms with Gasteiger partial charge < -0.3 is 15.0 Å². The molecule has 4 rings (SSSR count). The van der Waals surface area contributed by atoms with E-state index >= 15 is 0 Å². The van der Waals surface area contributed by atoms with E-state index in [1.54, 1.807) is 31.3 Å². The molecule has 0 saturated carbocycles. The maximum Gasteiger partial charge on any atom is 0.407 e. The summed E-state index contributed by atoms with van der Waals surface area (Å²) in [4.78, 5) is 14.9. The highest BCUT2D eigenvalue weighted by atomic mass is 32.2.